The van der Waals surface area contributed by atoms with E-state index < -0.39 is 13.9 Å². The lowest BCUT2D eigenvalue weighted by Crippen LogP contribution is -2.22. The van der Waals surface area contributed by atoms with E-state index in [1.165, 1.54) is 19.2 Å². The van der Waals surface area contributed by atoms with Gasteiger partial charge in [0.25, 0.3) is 5.56 Å². The van der Waals surface area contributed by atoms with Gasteiger partial charge in [0.05, 0.1) is 17.1 Å². The minimum absolute atomic E-state index is 0.00228. The zero-order valence-electron chi connectivity index (χ0n) is 16.1. The second-order valence-corrected chi connectivity index (χ2v) is 14.4. The highest BCUT2D eigenvalue weighted by Gasteiger charge is 2.30. The van der Waals surface area contributed by atoms with Gasteiger partial charge in [0.15, 0.2) is 12.5 Å². The summed E-state index contributed by atoms with van der Waals surface area (Å²) in [6.07, 6.45) is 1.84. The van der Waals surface area contributed by atoms with Crippen LogP contribution < -0.4 is 15.0 Å². The molecule has 1 aliphatic rings. The largest absolute Gasteiger partial charge is 0.496 e. The SMILES string of the molecule is COc1cc(=O)n(C2CC2)c2c(OCOCC[Si](C)(C)C)c(Br)c(F)cc12. The lowest BCUT2D eigenvalue weighted by molar-refractivity contribution is 0.0221. The number of aromatic nitrogens is 1. The Balaban J connectivity index is 1.99. The van der Waals surface area contributed by atoms with E-state index in [1.54, 1.807) is 4.57 Å². The van der Waals surface area contributed by atoms with Gasteiger partial charge in [0.2, 0.25) is 0 Å². The number of ether oxygens (including phenoxy) is 3. The van der Waals surface area contributed by atoms with Crippen LogP contribution in [0.3, 0.4) is 0 Å². The van der Waals surface area contributed by atoms with Gasteiger partial charge in [-0.1, -0.05) is 19.6 Å². The minimum Gasteiger partial charge on any atom is -0.496 e. The molecule has 1 aliphatic carbocycles. The van der Waals surface area contributed by atoms with Crippen molar-refractivity contribution in [3.63, 3.8) is 0 Å². The first-order valence-electron chi connectivity index (χ1n) is 9.04. The summed E-state index contributed by atoms with van der Waals surface area (Å²) in [6, 6.07) is 3.90. The second kappa shape index (κ2) is 7.93. The Labute approximate surface area is 167 Å². The van der Waals surface area contributed by atoms with Crippen LogP contribution in [0.2, 0.25) is 25.7 Å². The first kappa shape index (κ1) is 20.4. The molecule has 0 spiro atoms. The van der Waals surface area contributed by atoms with Crippen LogP contribution >= 0.6 is 15.9 Å². The number of hydrogen-bond donors (Lipinski definition) is 0. The van der Waals surface area contributed by atoms with Crippen molar-refractivity contribution >= 4 is 34.9 Å². The maximum Gasteiger partial charge on any atom is 0.255 e. The summed E-state index contributed by atoms with van der Waals surface area (Å²) in [5.41, 5.74) is 0.369. The summed E-state index contributed by atoms with van der Waals surface area (Å²) in [5, 5.41) is 0.516. The standard InChI is InChI=1S/C19H25BrFNO4Si/c1-24-15-10-16(23)22(12-5-6-12)18-13(15)9-14(21)17(20)19(18)26-11-25-7-8-27(2,3)4/h9-10,12H,5-8,11H2,1-4H3. The monoisotopic (exact) mass is 457 g/mol. The van der Waals surface area contributed by atoms with Gasteiger partial charge in [-0.05, 0) is 40.9 Å². The fourth-order valence-corrected chi connectivity index (χ4v) is 4.10. The van der Waals surface area contributed by atoms with Crippen LogP contribution in [0.5, 0.6) is 11.5 Å². The van der Waals surface area contributed by atoms with E-state index in [2.05, 4.69) is 35.6 Å². The van der Waals surface area contributed by atoms with Crippen molar-refractivity contribution in [3.05, 3.63) is 32.8 Å². The van der Waals surface area contributed by atoms with Gasteiger partial charge >= 0.3 is 0 Å². The molecule has 0 atom stereocenters. The van der Waals surface area contributed by atoms with Crippen molar-refractivity contribution in [3.8, 4) is 11.5 Å². The molecule has 1 aromatic heterocycles. The highest BCUT2D eigenvalue weighted by atomic mass is 79.9. The lowest BCUT2D eigenvalue weighted by atomic mass is 10.1. The van der Waals surface area contributed by atoms with Crippen LogP contribution in [0.15, 0.2) is 21.4 Å². The molecule has 1 aromatic carbocycles. The van der Waals surface area contributed by atoms with Gasteiger partial charge in [-0.25, -0.2) is 4.39 Å². The van der Waals surface area contributed by atoms with Crippen molar-refractivity contribution in [2.75, 3.05) is 20.5 Å². The third-order valence-electron chi connectivity index (χ3n) is 4.56. The third kappa shape index (κ3) is 4.55. The first-order chi connectivity index (χ1) is 12.7. The molecule has 3 rings (SSSR count). The summed E-state index contributed by atoms with van der Waals surface area (Å²) in [4.78, 5) is 12.6. The number of fused-ring (bicyclic) bond motifs is 1. The molecule has 1 saturated carbocycles. The summed E-state index contributed by atoms with van der Waals surface area (Å²) >= 11 is 3.27. The van der Waals surface area contributed by atoms with Crippen molar-refractivity contribution in [2.24, 2.45) is 0 Å². The molecule has 8 heteroatoms. The van der Waals surface area contributed by atoms with E-state index in [4.69, 9.17) is 14.2 Å². The molecule has 0 bridgehead atoms. The Morgan fingerprint density at radius 2 is 2.00 bits per heavy atom. The molecule has 0 aliphatic heterocycles. The molecule has 27 heavy (non-hydrogen) atoms. The van der Waals surface area contributed by atoms with E-state index in [0.29, 0.717) is 23.3 Å². The normalized spacial score (nSPS) is 14.6. The van der Waals surface area contributed by atoms with Crippen molar-refractivity contribution in [1.29, 1.82) is 0 Å². The van der Waals surface area contributed by atoms with Gasteiger partial charge in [-0.2, -0.15) is 0 Å². The number of pyridine rings is 1. The number of methoxy groups -OCH3 is 1. The van der Waals surface area contributed by atoms with Gasteiger partial charge < -0.3 is 18.8 Å². The molecule has 1 heterocycles. The number of hydrogen-bond acceptors (Lipinski definition) is 4. The predicted molar refractivity (Wildman–Crippen MR) is 110 cm³/mol. The molecule has 148 valence electrons. The molecule has 1 fully saturated rings. The molecule has 0 radical (unpaired) electrons. The Kier molecular flexibility index (Phi) is 5.98. The fraction of sp³-hybridized carbons (Fsp3) is 0.526. The summed E-state index contributed by atoms with van der Waals surface area (Å²) in [5.74, 6) is 0.141. The third-order valence-corrected chi connectivity index (χ3v) is 7.01. The van der Waals surface area contributed by atoms with Crippen LogP contribution in [0.1, 0.15) is 18.9 Å². The molecule has 0 unspecified atom stereocenters. The first-order valence-corrected chi connectivity index (χ1v) is 13.5. The molecule has 0 saturated heterocycles. The highest BCUT2D eigenvalue weighted by Crippen LogP contribution is 2.43. The number of benzene rings is 1. The maximum atomic E-state index is 14.5. The summed E-state index contributed by atoms with van der Waals surface area (Å²) < 4.78 is 33.1. The topological polar surface area (TPSA) is 49.7 Å². The van der Waals surface area contributed by atoms with Crippen molar-refractivity contribution in [1.82, 2.24) is 4.57 Å². The highest BCUT2D eigenvalue weighted by molar-refractivity contribution is 9.10. The summed E-state index contributed by atoms with van der Waals surface area (Å²) in [7, 11) is 0.271. The van der Waals surface area contributed by atoms with Crippen LogP contribution in [-0.4, -0.2) is 33.2 Å². The van der Waals surface area contributed by atoms with E-state index in [9.17, 15) is 9.18 Å². The Morgan fingerprint density at radius 3 is 2.59 bits per heavy atom. The zero-order valence-corrected chi connectivity index (χ0v) is 18.7. The molecule has 2 aromatic rings. The summed E-state index contributed by atoms with van der Waals surface area (Å²) in [6.45, 7) is 7.41. The molecule has 5 nitrogen and oxygen atoms in total. The van der Waals surface area contributed by atoms with E-state index in [-0.39, 0.29) is 28.6 Å². The zero-order chi connectivity index (χ0) is 19.8. The molecule has 0 N–H and O–H groups in total. The van der Waals surface area contributed by atoms with Crippen LogP contribution in [0.25, 0.3) is 10.9 Å². The van der Waals surface area contributed by atoms with Gasteiger partial charge in [0.1, 0.15) is 11.6 Å². The Morgan fingerprint density at radius 1 is 1.30 bits per heavy atom. The van der Waals surface area contributed by atoms with Gasteiger partial charge in [-0.15, -0.1) is 0 Å². The minimum atomic E-state index is -1.20. The maximum absolute atomic E-state index is 14.5. The van der Waals surface area contributed by atoms with Crippen molar-refractivity contribution < 1.29 is 18.6 Å². The molecular formula is C19H25BrFNO4Si. The average molecular weight is 458 g/mol. The van der Waals surface area contributed by atoms with E-state index >= 15 is 0 Å². The van der Waals surface area contributed by atoms with Crippen LogP contribution in [-0.2, 0) is 4.74 Å². The Hall–Kier alpha value is -1.38. The molecule has 0 amide bonds. The van der Waals surface area contributed by atoms with E-state index in [0.717, 1.165) is 18.9 Å². The van der Waals surface area contributed by atoms with Crippen LogP contribution in [0, 0.1) is 5.82 Å². The lowest BCUT2D eigenvalue weighted by Gasteiger charge is -2.19. The Bertz CT molecular complexity index is 905. The van der Waals surface area contributed by atoms with Gasteiger partial charge in [0, 0.05) is 32.2 Å². The molecular weight excluding hydrogens is 433 g/mol. The quantitative estimate of drug-likeness (QED) is 0.320. The van der Waals surface area contributed by atoms with Crippen LogP contribution in [0.4, 0.5) is 4.39 Å². The number of rotatable bonds is 8. The fourth-order valence-electron chi connectivity index (χ4n) is 2.92. The number of halogens is 2. The predicted octanol–water partition coefficient (Wildman–Crippen LogP) is 4.94. The van der Waals surface area contributed by atoms with Gasteiger partial charge in [-0.3, -0.25) is 4.79 Å². The number of nitrogens with zero attached hydrogens (tertiary/aromatic N) is 1. The smallest absolute Gasteiger partial charge is 0.255 e. The van der Waals surface area contributed by atoms with Crippen molar-refractivity contribution in [2.45, 2.75) is 44.6 Å². The van der Waals surface area contributed by atoms with E-state index in [1.807, 2.05) is 0 Å². The second-order valence-electron chi connectivity index (χ2n) is 8.03. The average Bonchev–Trinajstić information content (AvgIpc) is 3.41.